The molecular weight excluding hydrogens is 300 g/mol. The first-order valence-corrected chi connectivity index (χ1v) is 7.23. The fourth-order valence-corrected chi connectivity index (χ4v) is 3.36. The van der Waals surface area contributed by atoms with Crippen molar-refractivity contribution in [1.29, 1.82) is 5.26 Å². The summed E-state index contributed by atoms with van der Waals surface area (Å²) in [5, 5.41) is 11.6. The molecule has 0 aromatic heterocycles. The standard InChI is InChI=1S/C12H11BrN2OS/c13-10-5-8(6-14)1-2-11(10)15-12(16)9-3-4-17-7-9/h1-2,5,9H,3-4,7H2,(H,15,16). The van der Waals surface area contributed by atoms with Gasteiger partial charge in [0.15, 0.2) is 0 Å². The van der Waals surface area contributed by atoms with E-state index >= 15 is 0 Å². The molecule has 0 aliphatic carbocycles. The van der Waals surface area contributed by atoms with Crippen LogP contribution < -0.4 is 5.32 Å². The van der Waals surface area contributed by atoms with Crippen molar-refractivity contribution < 1.29 is 4.79 Å². The maximum Gasteiger partial charge on any atom is 0.228 e. The zero-order valence-corrected chi connectivity index (χ0v) is 11.5. The van der Waals surface area contributed by atoms with Gasteiger partial charge in [-0.15, -0.1) is 0 Å². The van der Waals surface area contributed by atoms with Crippen LogP contribution in [0.1, 0.15) is 12.0 Å². The number of nitriles is 1. The third-order valence-electron chi connectivity index (χ3n) is 2.66. The number of nitrogens with zero attached hydrogens (tertiary/aromatic N) is 1. The number of halogens is 1. The number of amides is 1. The molecule has 88 valence electrons. The molecule has 17 heavy (non-hydrogen) atoms. The lowest BCUT2D eigenvalue weighted by Gasteiger charge is -2.11. The number of carbonyl (C=O) groups excluding carboxylic acids is 1. The zero-order valence-electron chi connectivity index (χ0n) is 9.07. The lowest BCUT2D eigenvalue weighted by molar-refractivity contribution is -0.119. The number of carbonyl (C=O) groups is 1. The van der Waals surface area contributed by atoms with Gasteiger partial charge in [-0.2, -0.15) is 17.0 Å². The molecule has 0 radical (unpaired) electrons. The van der Waals surface area contributed by atoms with Crippen LogP contribution >= 0.6 is 27.7 Å². The summed E-state index contributed by atoms with van der Waals surface area (Å²) in [4.78, 5) is 11.9. The van der Waals surface area contributed by atoms with Crippen molar-refractivity contribution in [3.63, 3.8) is 0 Å². The first-order valence-electron chi connectivity index (χ1n) is 5.29. The van der Waals surface area contributed by atoms with Gasteiger partial charge in [-0.05, 0) is 46.3 Å². The summed E-state index contributed by atoms with van der Waals surface area (Å²) < 4.78 is 0.746. The maximum atomic E-state index is 11.9. The molecular formula is C12H11BrN2OS. The third-order valence-corrected chi connectivity index (χ3v) is 4.48. The molecule has 1 aromatic carbocycles. The Kier molecular flexibility index (Phi) is 4.08. The molecule has 0 spiro atoms. The lowest BCUT2D eigenvalue weighted by atomic mass is 10.1. The number of benzene rings is 1. The summed E-state index contributed by atoms with van der Waals surface area (Å²) in [5.41, 5.74) is 1.30. The molecule has 1 saturated heterocycles. The van der Waals surface area contributed by atoms with E-state index in [1.165, 1.54) is 0 Å². The monoisotopic (exact) mass is 310 g/mol. The highest BCUT2D eigenvalue weighted by Gasteiger charge is 2.23. The number of rotatable bonds is 2. The van der Waals surface area contributed by atoms with Crippen LogP contribution in [-0.4, -0.2) is 17.4 Å². The van der Waals surface area contributed by atoms with Crippen LogP contribution in [0.2, 0.25) is 0 Å². The van der Waals surface area contributed by atoms with E-state index in [0.717, 1.165) is 28.1 Å². The normalized spacial score (nSPS) is 18.7. The summed E-state index contributed by atoms with van der Waals surface area (Å²) >= 11 is 5.17. The van der Waals surface area contributed by atoms with Crippen molar-refractivity contribution in [2.75, 3.05) is 16.8 Å². The van der Waals surface area contributed by atoms with E-state index in [2.05, 4.69) is 27.3 Å². The molecule has 3 nitrogen and oxygen atoms in total. The maximum absolute atomic E-state index is 11.9. The van der Waals surface area contributed by atoms with Gasteiger partial charge in [-0.1, -0.05) is 0 Å². The molecule has 1 heterocycles. The Labute approximate surface area is 113 Å². The topological polar surface area (TPSA) is 52.9 Å². The van der Waals surface area contributed by atoms with E-state index < -0.39 is 0 Å². The van der Waals surface area contributed by atoms with Crippen molar-refractivity contribution in [3.8, 4) is 6.07 Å². The van der Waals surface area contributed by atoms with Gasteiger partial charge in [0, 0.05) is 16.1 Å². The average molecular weight is 311 g/mol. The molecule has 1 aliphatic heterocycles. The molecule has 1 atom stereocenters. The van der Waals surface area contributed by atoms with Gasteiger partial charge in [0.25, 0.3) is 0 Å². The van der Waals surface area contributed by atoms with Crippen molar-refractivity contribution in [2.45, 2.75) is 6.42 Å². The number of thioether (sulfide) groups is 1. The zero-order chi connectivity index (χ0) is 12.3. The minimum Gasteiger partial charge on any atom is -0.325 e. The summed E-state index contributed by atoms with van der Waals surface area (Å²) in [5.74, 6) is 2.15. The van der Waals surface area contributed by atoms with E-state index in [-0.39, 0.29) is 11.8 Å². The van der Waals surface area contributed by atoms with Crippen LogP contribution in [-0.2, 0) is 4.79 Å². The number of nitrogens with one attached hydrogen (secondary N) is 1. The van der Waals surface area contributed by atoms with Gasteiger partial charge < -0.3 is 5.32 Å². The van der Waals surface area contributed by atoms with Crippen LogP contribution in [0.25, 0.3) is 0 Å². The largest absolute Gasteiger partial charge is 0.325 e. The highest BCUT2D eigenvalue weighted by atomic mass is 79.9. The van der Waals surface area contributed by atoms with Crippen LogP contribution in [0.4, 0.5) is 5.69 Å². The van der Waals surface area contributed by atoms with Crippen LogP contribution in [0, 0.1) is 17.2 Å². The second-order valence-electron chi connectivity index (χ2n) is 3.86. The Hall–Kier alpha value is -0.990. The van der Waals surface area contributed by atoms with Crippen molar-refractivity contribution in [1.82, 2.24) is 0 Å². The molecule has 1 unspecified atom stereocenters. The van der Waals surface area contributed by atoms with E-state index in [0.29, 0.717) is 5.56 Å². The van der Waals surface area contributed by atoms with E-state index in [1.54, 1.807) is 18.2 Å². The third kappa shape index (κ3) is 3.02. The Morgan fingerprint density at radius 1 is 1.59 bits per heavy atom. The van der Waals surface area contributed by atoms with E-state index in [9.17, 15) is 4.79 Å². The summed E-state index contributed by atoms with van der Waals surface area (Å²) in [7, 11) is 0. The quantitative estimate of drug-likeness (QED) is 0.913. The van der Waals surface area contributed by atoms with E-state index in [1.807, 2.05) is 11.8 Å². The minimum atomic E-state index is 0.0698. The summed E-state index contributed by atoms with van der Waals surface area (Å²) in [6, 6.07) is 7.22. The highest BCUT2D eigenvalue weighted by Crippen LogP contribution is 2.27. The van der Waals surface area contributed by atoms with Crippen molar-refractivity contribution in [3.05, 3.63) is 28.2 Å². The van der Waals surface area contributed by atoms with Crippen LogP contribution in [0.15, 0.2) is 22.7 Å². The second-order valence-corrected chi connectivity index (χ2v) is 5.86. The molecule has 1 amide bonds. The highest BCUT2D eigenvalue weighted by molar-refractivity contribution is 9.10. The van der Waals surface area contributed by atoms with Gasteiger partial charge in [-0.25, -0.2) is 0 Å². The Bertz CT molecular complexity index is 478. The predicted octanol–water partition coefficient (Wildman–Crippen LogP) is 3.01. The molecule has 1 fully saturated rings. The molecule has 5 heteroatoms. The molecule has 0 bridgehead atoms. The lowest BCUT2D eigenvalue weighted by Crippen LogP contribution is -2.22. The average Bonchev–Trinajstić information content (AvgIpc) is 2.85. The van der Waals surface area contributed by atoms with Gasteiger partial charge in [0.1, 0.15) is 0 Å². The number of anilines is 1. The molecule has 0 saturated carbocycles. The molecule has 1 aliphatic rings. The predicted molar refractivity (Wildman–Crippen MR) is 72.9 cm³/mol. The Balaban J connectivity index is 2.08. The number of hydrogen-bond donors (Lipinski definition) is 1. The first-order chi connectivity index (χ1) is 8.20. The molecule has 1 aromatic rings. The van der Waals surface area contributed by atoms with Crippen molar-refractivity contribution in [2.24, 2.45) is 5.92 Å². The fourth-order valence-electron chi connectivity index (χ4n) is 1.66. The minimum absolute atomic E-state index is 0.0698. The van der Waals surface area contributed by atoms with Crippen molar-refractivity contribution >= 4 is 39.3 Å². The second kappa shape index (κ2) is 5.56. The first kappa shape index (κ1) is 12.5. The molecule has 1 N–H and O–H groups in total. The number of hydrogen-bond acceptors (Lipinski definition) is 3. The Morgan fingerprint density at radius 3 is 3.00 bits per heavy atom. The Morgan fingerprint density at radius 2 is 2.41 bits per heavy atom. The van der Waals surface area contributed by atoms with Gasteiger partial charge >= 0.3 is 0 Å². The summed E-state index contributed by atoms with van der Waals surface area (Å²) in [6.07, 6.45) is 0.949. The SMILES string of the molecule is N#Cc1ccc(NC(=O)C2CCSC2)c(Br)c1. The van der Waals surface area contributed by atoms with Gasteiger partial charge in [-0.3, -0.25) is 4.79 Å². The van der Waals surface area contributed by atoms with Gasteiger partial charge in [0.2, 0.25) is 5.91 Å². The fraction of sp³-hybridized carbons (Fsp3) is 0.333. The van der Waals surface area contributed by atoms with Crippen LogP contribution in [0.5, 0.6) is 0 Å². The van der Waals surface area contributed by atoms with Crippen LogP contribution in [0.3, 0.4) is 0 Å². The molecule has 2 rings (SSSR count). The smallest absolute Gasteiger partial charge is 0.228 e. The van der Waals surface area contributed by atoms with E-state index in [4.69, 9.17) is 5.26 Å². The summed E-state index contributed by atoms with van der Waals surface area (Å²) in [6.45, 7) is 0. The van der Waals surface area contributed by atoms with Gasteiger partial charge in [0.05, 0.1) is 17.3 Å².